The largest absolute Gasteiger partial charge is 0.454 e. The zero-order valence-corrected chi connectivity index (χ0v) is 17.6. The summed E-state index contributed by atoms with van der Waals surface area (Å²) >= 11 is 0. The van der Waals surface area contributed by atoms with E-state index in [1.54, 1.807) is 18.2 Å². The van der Waals surface area contributed by atoms with Gasteiger partial charge in [0.25, 0.3) is 5.91 Å². The van der Waals surface area contributed by atoms with Gasteiger partial charge in [-0.15, -0.1) is 0 Å². The van der Waals surface area contributed by atoms with Crippen molar-refractivity contribution in [3.63, 3.8) is 0 Å². The van der Waals surface area contributed by atoms with Crippen LogP contribution in [0.2, 0.25) is 0 Å². The van der Waals surface area contributed by atoms with Crippen LogP contribution in [-0.2, 0) is 13.0 Å². The molecule has 0 aromatic heterocycles. The molecule has 162 valence electrons. The molecule has 2 aliphatic heterocycles. The summed E-state index contributed by atoms with van der Waals surface area (Å²) in [5, 5.41) is 5.67. The third-order valence-corrected chi connectivity index (χ3v) is 5.69. The van der Waals surface area contributed by atoms with Crippen LogP contribution in [0.3, 0.4) is 0 Å². The normalized spacial score (nSPS) is 15.9. The van der Waals surface area contributed by atoms with Crippen molar-refractivity contribution in [1.29, 1.82) is 0 Å². The number of rotatable bonds is 4. The zero-order chi connectivity index (χ0) is 22.1. The topological polar surface area (TPSA) is 79.9 Å². The van der Waals surface area contributed by atoms with Gasteiger partial charge in [-0.3, -0.25) is 4.79 Å². The van der Waals surface area contributed by atoms with Crippen molar-refractivity contribution in [2.45, 2.75) is 25.9 Å². The first kappa shape index (κ1) is 19.9. The average Bonchev–Trinajstić information content (AvgIpc) is 3.40. The summed E-state index contributed by atoms with van der Waals surface area (Å²) in [6.45, 7) is 2.58. The second-order valence-corrected chi connectivity index (χ2v) is 7.93. The number of anilines is 2. The zero-order valence-electron chi connectivity index (χ0n) is 17.6. The molecule has 0 saturated heterocycles. The molecular weight excluding hydrogens is 406 g/mol. The number of urea groups is 1. The van der Waals surface area contributed by atoms with Crippen LogP contribution in [0.15, 0.2) is 66.7 Å². The SMILES string of the molecule is CC1Cc2ccc(CNC(=O)Nc3ccc4c(c3)OCO4)cc2N1C(=O)c1ccccc1. The fourth-order valence-electron chi connectivity index (χ4n) is 4.12. The third kappa shape index (κ3) is 3.85. The lowest BCUT2D eigenvalue weighted by atomic mass is 10.1. The van der Waals surface area contributed by atoms with E-state index in [1.165, 1.54) is 0 Å². The Morgan fingerprint density at radius 3 is 2.66 bits per heavy atom. The van der Waals surface area contributed by atoms with Crippen molar-refractivity contribution in [3.8, 4) is 11.5 Å². The minimum absolute atomic E-state index is 0.0116. The Balaban J connectivity index is 1.26. The van der Waals surface area contributed by atoms with Crippen LogP contribution in [0.5, 0.6) is 11.5 Å². The summed E-state index contributed by atoms with van der Waals surface area (Å²) in [5.41, 5.74) is 4.25. The van der Waals surface area contributed by atoms with E-state index in [1.807, 2.05) is 53.4 Å². The molecule has 1 unspecified atom stereocenters. The van der Waals surface area contributed by atoms with Crippen molar-refractivity contribution in [3.05, 3.63) is 83.4 Å². The Labute approximate surface area is 185 Å². The molecule has 0 saturated carbocycles. The molecule has 3 aromatic rings. The van der Waals surface area contributed by atoms with Crippen LogP contribution in [0.4, 0.5) is 16.2 Å². The van der Waals surface area contributed by atoms with Crippen molar-refractivity contribution >= 4 is 23.3 Å². The molecule has 7 heteroatoms. The molecule has 7 nitrogen and oxygen atoms in total. The van der Waals surface area contributed by atoms with Gasteiger partial charge in [-0.25, -0.2) is 4.79 Å². The van der Waals surface area contributed by atoms with E-state index < -0.39 is 0 Å². The predicted molar refractivity (Wildman–Crippen MR) is 121 cm³/mol. The molecule has 3 amide bonds. The van der Waals surface area contributed by atoms with E-state index in [4.69, 9.17) is 9.47 Å². The maximum atomic E-state index is 13.1. The van der Waals surface area contributed by atoms with E-state index in [0.29, 0.717) is 29.3 Å². The highest BCUT2D eigenvalue weighted by atomic mass is 16.7. The number of amides is 3. The molecule has 5 rings (SSSR count). The smallest absolute Gasteiger partial charge is 0.319 e. The summed E-state index contributed by atoms with van der Waals surface area (Å²) in [6.07, 6.45) is 0.812. The minimum Gasteiger partial charge on any atom is -0.454 e. The van der Waals surface area contributed by atoms with Crippen LogP contribution in [0.25, 0.3) is 0 Å². The number of carbonyl (C=O) groups is 2. The Bertz CT molecular complexity index is 1180. The van der Waals surface area contributed by atoms with Crippen LogP contribution >= 0.6 is 0 Å². The molecule has 2 heterocycles. The summed E-state index contributed by atoms with van der Waals surface area (Å²) in [7, 11) is 0. The molecule has 0 fully saturated rings. The van der Waals surface area contributed by atoms with Gasteiger partial charge in [-0.2, -0.15) is 0 Å². The molecular formula is C25H23N3O4. The van der Waals surface area contributed by atoms with E-state index in [2.05, 4.69) is 17.6 Å². The van der Waals surface area contributed by atoms with Gasteiger partial charge in [0.15, 0.2) is 11.5 Å². The first-order valence-electron chi connectivity index (χ1n) is 10.5. The first-order chi connectivity index (χ1) is 15.6. The van der Waals surface area contributed by atoms with E-state index in [-0.39, 0.29) is 24.8 Å². The fourth-order valence-corrected chi connectivity index (χ4v) is 4.12. The molecule has 1 atom stereocenters. The molecule has 0 aliphatic carbocycles. The van der Waals surface area contributed by atoms with E-state index in [9.17, 15) is 9.59 Å². The number of nitrogens with zero attached hydrogens (tertiary/aromatic N) is 1. The number of fused-ring (bicyclic) bond motifs is 2. The number of hydrogen-bond donors (Lipinski definition) is 2. The van der Waals surface area contributed by atoms with Gasteiger partial charge in [0.05, 0.1) is 0 Å². The summed E-state index contributed by atoms with van der Waals surface area (Å²) in [6, 6.07) is 20.3. The molecule has 0 bridgehead atoms. The monoisotopic (exact) mass is 429 g/mol. The molecule has 0 radical (unpaired) electrons. The van der Waals surface area contributed by atoms with Crippen molar-refractivity contribution in [1.82, 2.24) is 5.32 Å². The predicted octanol–water partition coefficient (Wildman–Crippen LogP) is 4.33. The lowest BCUT2D eigenvalue weighted by molar-refractivity contribution is 0.0981. The molecule has 3 aromatic carbocycles. The van der Waals surface area contributed by atoms with Gasteiger partial charge in [0.2, 0.25) is 6.79 Å². The van der Waals surface area contributed by atoms with Gasteiger partial charge in [-0.05, 0) is 54.8 Å². The third-order valence-electron chi connectivity index (χ3n) is 5.69. The van der Waals surface area contributed by atoms with Gasteiger partial charge < -0.3 is 25.0 Å². The number of carbonyl (C=O) groups excluding carboxylic acids is 2. The fraction of sp³-hybridized carbons (Fsp3) is 0.200. The molecule has 2 N–H and O–H groups in total. The highest BCUT2D eigenvalue weighted by molar-refractivity contribution is 6.07. The van der Waals surface area contributed by atoms with Gasteiger partial charge >= 0.3 is 6.03 Å². The number of nitrogens with one attached hydrogen (secondary N) is 2. The van der Waals surface area contributed by atoms with Crippen molar-refractivity contribution < 1.29 is 19.1 Å². The second kappa shape index (κ2) is 8.26. The van der Waals surface area contributed by atoms with Crippen molar-refractivity contribution in [2.24, 2.45) is 0 Å². The number of benzene rings is 3. The van der Waals surface area contributed by atoms with Gasteiger partial charge in [0, 0.05) is 35.6 Å². The molecule has 32 heavy (non-hydrogen) atoms. The molecule has 0 spiro atoms. The van der Waals surface area contributed by atoms with Crippen molar-refractivity contribution in [2.75, 3.05) is 17.0 Å². The highest BCUT2D eigenvalue weighted by Gasteiger charge is 2.31. The Hall–Kier alpha value is -4.00. The van der Waals surface area contributed by atoms with Crippen LogP contribution in [-0.4, -0.2) is 24.8 Å². The Morgan fingerprint density at radius 2 is 1.81 bits per heavy atom. The van der Waals surface area contributed by atoms with Crippen LogP contribution in [0.1, 0.15) is 28.4 Å². The first-order valence-corrected chi connectivity index (χ1v) is 10.5. The number of hydrogen-bond acceptors (Lipinski definition) is 4. The Morgan fingerprint density at radius 1 is 1.00 bits per heavy atom. The lowest BCUT2D eigenvalue weighted by Crippen LogP contribution is -2.35. The Kier molecular flexibility index (Phi) is 5.15. The maximum absolute atomic E-state index is 13.1. The van der Waals surface area contributed by atoms with Gasteiger partial charge in [-0.1, -0.05) is 30.3 Å². The van der Waals surface area contributed by atoms with E-state index in [0.717, 1.165) is 23.2 Å². The summed E-state index contributed by atoms with van der Waals surface area (Å²) in [5.74, 6) is 1.26. The number of ether oxygens (including phenoxy) is 2. The maximum Gasteiger partial charge on any atom is 0.319 e. The summed E-state index contributed by atoms with van der Waals surface area (Å²) in [4.78, 5) is 27.3. The highest BCUT2D eigenvalue weighted by Crippen LogP contribution is 2.35. The van der Waals surface area contributed by atoms with Gasteiger partial charge in [0.1, 0.15) is 0 Å². The van der Waals surface area contributed by atoms with Crippen LogP contribution < -0.4 is 25.0 Å². The van der Waals surface area contributed by atoms with E-state index >= 15 is 0 Å². The molecule has 2 aliphatic rings. The standard InChI is InChI=1S/C25H23N3O4/c1-16-11-19-8-7-17(12-21(19)28(16)24(29)18-5-3-2-4-6-18)14-26-25(30)27-20-9-10-22-23(13-20)32-15-31-22/h2-10,12-13,16H,11,14-15H2,1H3,(H2,26,27,30). The lowest BCUT2D eigenvalue weighted by Gasteiger charge is -2.23. The second-order valence-electron chi connectivity index (χ2n) is 7.93. The summed E-state index contributed by atoms with van der Waals surface area (Å²) < 4.78 is 10.6. The minimum atomic E-state index is -0.324. The average molecular weight is 429 g/mol. The quantitative estimate of drug-likeness (QED) is 0.647. The van der Waals surface area contributed by atoms with Crippen LogP contribution in [0, 0.1) is 0 Å².